The lowest BCUT2D eigenvalue weighted by atomic mass is 9.97. The number of nitrogens with zero attached hydrogens (tertiary/aromatic N) is 1. The van der Waals surface area contributed by atoms with Gasteiger partial charge in [0.15, 0.2) is 0 Å². The first kappa shape index (κ1) is 17.3. The standard InChI is InChI=1S/C54H37N/c1-2-10-38(11-3-1)39-20-22-40(23-21-39)41-26-31-48(32-27-41)55(50-16-8-15-46(37-50)53-19-9-14-43-12-4-6-17-51(43)53)49-33-28-42(29-34-49)45-30-35-54-47(36-45)25-24-44-13-5-7-18-52(44)54/h1-37H/i1D,2D,3D,8D,10D,11D,15D,16D,20D,21D,22D,23D,26D,27D,28D,29D,31D,32D,33D,34D,37D. The van der Waals surface area contributed by atoms with Crippen LogP contribution in [0.15, 0.2) is 224 Å². The summed E-state index contributed by atoms with van der Waals surface area (Å²) in [4.78, 5) is 0.675. The summed E-state index contributed by atoms with van der Waals surface area (Å²) in [6.45, 7) is 0. The molecule has 1 nitrogen and oxygen atoms in total. The van der Waals surface area contributed by atoms with Crippen LogP contribution >= 0.6 is 0 Å². The number of benzene rings is 10. The van der Waals surface area contributed by atoms with E-state index in [-0.39, 0.29) is 22.3 Å². The van der Waals surface area contributed by atoms with Gasteiger partial charge in [-0.1, -0.05) is 182 Å². The van der Waals surface area contributed by atoms with Crippen molar-refractivity contribution in [3.05, 3.63) is 224 Å². The molecule has 0 aliphatic heterocycles. The van der Waals surface area contributed by atoms with Gasteiger partial charge < -0.3 is 4.90 Å². The van der Waals surface area contributed by atoms with E-state index < -0.39 is 166 Å². The highest BCUT2D eigenvalue weighted by Crippen LogP contribution is 2.40. The van der Waals surface area contributed by atoms with Crippen molar-refractivity contribution in [1.29, 1.82) is 0 Å². The Kier molecular flexibility index (Phi) is 4.39. The van der Waals surface area contributed by atoms with Gasteiger partial charge in [0.2, 0.25) is 0 Å². The second-order valence-electron chi connectivity index (χ2n) is 12.5. The van der Waals surface area contributed by atoms with Crippen molar-refractivity contribution in [2.24, 2.45) is 0 Å². The van der Waals surface area contributed by atoms with E-state index in [1.165, 1.54) is 0 Å². The minimum atomic E-state index is -1.06. The highest BCUT2D eigenvalue weighted by Gasteiger charge is 2.15. The maximum atomic E-state index is 9.86. The Hall–Kier alpha value is -7.22. The quantitative estimate of drug-likeness (QED) is 0.148. The average Bonchev–Trinajstić information content (AvgIpc) is 3.47. The van der Waals surface area contributed by atoms with E-state index in [0.717, 1.165) is 16.2 Å². The Labute approximate surface area is 351 Å². The molecule has 258 valence electrons. The van der Waals surface area contributed by atoms with E-state index in [4.69, 9.17) is 15.1 Å². The van der Waals surface area contributed by atoms with Crippen LogP contribution < -0.4 is 4.90 Å². The van der Waals surface area contributed by atoms with Crippen LogP contribution in [0.1, 0.15) is 28.8 Å². The SMILES string of the molecule is [2H]c1c([2H])c([2H])c(-c2c([2H])c([2H])c(-c3c([2H])c([2H])c(N(c4c([2H])c([2H])c(-c5ccc6c(ccc7ccccc76)c5)c([2H])c4[2H])c4c([2H])c([2H])c([2H])c(-c5cccc6ccccc56)c4[2H])c([2H])c3[2H])c([2H])c2[2H])c([2H])c1[2H]. The van der Waals surface area contributed by atoms with E-state index in [1.54, 1.807) is 60.7 Å². The molecule has 0 aromatic heterocycles. The molecule has 0 fully saturated rings. The molecular formula is C54H37N. The molecule has 0 aliphatic carbocycles. The van der Waals surface area contributed by atoms with Gasteiger partial charge in [0.1, 0.15) is 0 Å². The summed E-state index contributed by atoms with van der Waals surface area (Å²) in [5.41, 5.74) is -5.21. The smallest absolute Gasteiger partial charge is 0.0651 e. The van der Waals surface area contributed by atoms with E-state index in [1.807, 2.05) is 36.4 Å². The molecule has 0 heterocycles. The van der Waals surface area contributed by atoms with E-state index in [9.17, 15) is 13.7 Å². The molecule has 0 N–H and O–H groups in total. The van der Waals surface area contributed by atoms with Crippen LogP contribution in [0, 0.1) is 0 Å². The Bertz CT molecular complexity index is 4090. The van der Waals surface area contributed by atoms with Crippen molar-refractivity contribution >= 4 is 49.4 Å². The second kappa shape index (κ2) is 14.0. The van der Waals surface area contributed by atoms with Gasteiger partial charge in [0.25, 0.3) is 0 Å². The van der Waals surface area contributed by atoms with Crippen LogP contribution in [0.5, 0.6) is 0 Å². The van der Waals surface area contributed by atoms with Crippen molar-refractivity contribution < 1.29 is 28.8 Å². The van der Waals surface area contributed by atoms with Gasteiger partial charge in [0, 0.05) is 17.1 Å². The zero-order valence-corrected chi connectivity index (χ0v) is 28.7. The van der Waals surface area contributed by atoms with Crippen LogP contribution in [0.4, 0.5) is 17.1 Å². The van der Waals surface area contributed by atoms with Crippen LogP contribution in [-0.4, -0.2) is 0 Å². The molecule has 55 heavy (non-hydrogen) atoms. The first-order chi connectivity index (χ1) is 36.0. The fourth-order valence-corrected chi connectivity index (χ4v) is 6.57. The Morgan fingerprint density at radius 2 is 0.818 bits per heavy atom. The van der Waals surface area contributed by atoms with E-state index >= 15 is 0 Å². The predicted molar refractivity (Wildman–Crippen MR) is 235 cm³/mol. The summed E-state index contributed by atoms with van der Waals surface area (Å²) in [7, 11) is 0. The molecule has 0 saturated carbocycles. The first-order valence-electron chi connectivity index (χ1n) is 27.7. The molecule has 0 atom stereocenters. The third kappa shape index (κ3) is 6.22. The summed E-state index contributed by atoms with van der Waals surface area (Å²) >= 11 is 0. The normalized spacial score (nSPS) is 16.6. The molecule has 0 radical (unpaired) electrons. The molecule has 10 aromatic carbocycles. The van der Waals surface area contributed by atoms with Crippen molar-refractivity contribution in [3.63, 3.8) is 0 Å². The van der Waals surface area contributed by atoms with Gasteiger partial charge in [-0.3, -0.25) is 0 Å². The molecule has 0 unspecified atom stereocenters. The zero-order chi connectivity index (χ0) is 54.8. The van der Waals surface area contributed by atoms with Gasteiger partial charge in [-0.25, -0.2) is 0 Å². The number of anilines is 3. The van der Waals surface area contributed by atoms with Crippen LogP contribution in [-0.2, 0) is 0 Å². The second-order valence-corrected chi connectivity index (χ2v) is 12.5. The van der Waals surface area contributed by atoms with Crippen molar-refractivity contribution in [3.8, 4) is 44.5 Å². The molecular weight excluding hydrogens is 663 g/mol. The minimum Gasteiger partial charge on any atom is -0.310 e. The Balaban J connectivity index is 1.28. The van der Waals surface area contributed by atoms with Crippen LogP contribution in [0.2, 0.25) is 0 Å². The third-order valence-corrected chi connectivity index (χ3v) is 9.22. The lowest BCUT2D eigenvalue weighted by Gasteiger charge is -2.26. The number of hydrogen-bond donors (Lipinski definition) is 0. The lowest BCUT2D eigenvalue weighted by Crippen LogP contribution is -2.10. The summed E-state index contributed by atoms with van der Waals surface area (Å²) in [6.07, 6.45) is 0. The molecule has 0 amide bonds. The Morgan fingerprint density at radius 1 is 0.309 bits per heavy atom. The predicted octanol–water partition coefficient (Wildman–Crippen LogP) is 15.3. The fourth-order valence-electron chi connectivity index (χ4n) is 6.57. The summed E-state index contributed by atoms with van der Waals surface area (Å²) in [6, 6.07) is 10.5. The molecule has 0 saturated heterocycles. The number of fused-ring (bicyclic) bond motifs is 4. The van der Waals surface area contributed by atoms with Crippen molar-refractivity contribution in [1.82, 2.24) is 0 Å². The van der Waals surface area contributed by atoms with Crippen LogP contribution in [0.3, 0.4) is 0 Å². The van der Waals surface area contributed by atoms with Gasteiger partial charge >= 0.3 is 0 Å². The summed E-state index contributed by atoms with van der Waals surface area (Å²) in [5.74, 6) is 0. The van der Waals surface area contributed by atoms with Gasteiger partial charge in [-0.05, 0) is 119 Å². The van der Waals surface area contributed by atoms with Gasteiger partial charge in [-0.15, -0.1) is 0 Å². The monoisotopic (exact) mass is 720 g/mol. The molecule has 1 heteroatoms. The molecule has 0 aliphatic rings. The summed E-state index contributed by atoms with van der Waals surface area (Å²) in [5, 5.41) is 4.64. The first-order valence-corrected chi connectivity index (χ1v) is 17.2. The highest BCUT2D eigenvalue weighted by atomic mass is 15.1. The Morgan fingerprint density at radius 3 is 1.51 bits per heavy atom. The van der Waals surface area contributed by atoms with Gasteiger partial charge in [0.05, 0.1) is 28.8 Å². The van der Waals surface area contributed by atoms with E-state index in [2.05, 4.69) is 0 Å². The molecule has 10 aromatic rings. The largest absolute Gasteiger partial charge is 0.310 e. The van der Waals surface area contributed by atoms with Crippen molar-refractivity contribution in [2.45, 2.75) is 0 Å². The fraction of sp³-hybridized carbons (Fsp3) is 0. The van der Waals surface area contributed by atoms with Crippen molar-refractivity contribution in [2.75, 3.05) is 4.90 Å². The average molecular weight is 721 g/mol. The van der Waals surface area contributed by atoms with Gasteiger partial charge in [-0.2, -0.15) is 0 Å². The summed E-state index contributed by atoms with van der Waals surface area (Å²) < 4.78 is 192. The molecule has 0 spiro atoms. The maximum absolute atomic E-state index is 9.86. The van der Waals surface area contributed by atoms with Crippen LogP contribution in [0.25, 0.3) is 76.8 Å². The zero-order valence-electron chi connectivity index (χ0n) is 49.7. The third-order valence-electron chi connectivity index (χ3n) is 9.22. The molecule has 10 rings (SSSR count). The number of hydrogen-bond acceptors (Lipinski definition) is 1. The lowest BCUT2D eigenvalue weighted by molar-refractivity contribution is 1.28. The highest BCUT2D eigenvalue weighted by molar-refractivity contribution is 6.08. The minimum absolute atomic E-state index is 0.171. The topological polar surface area (TPSA) is 3.24 Å². The van der Waals surface area contributed by atoms with E-state index in [0.29, 0.717) is 21.1 Å². The maximum Gasteiger partial charge on any atom is 0.0651 e. The molecule has 0 bridgehead atoms. The number of rotatable bonds is 7.